The van der Waals surface area contributed by atoms with E-state index in [1.54, 1.807) is 19.2 Å². The van der Waals surface area contributed by atoms with Crippen LogP contribution in [0.4, 0.5) is 17.6 Å². The summed E-state index contributed by atoms with van der Waals surface area (Å²) in [5.74, 6) is 0.807. The fraction of sp³-hybridized carbons (Fsp3) is 0.312. The summed E-state index contributed by atoms with van der Waals surface area (Å²) in [7, 11) is 0. The summed E-state index contributed by atoms with van der Waals surface area (Å²) < 4.78 is 10.7. The summed E-state index contributed by atoms with van der Waals surface area (Å²) in [5, 5.41) is 6.46. The predicted molar refractivity (Wildman–Crippen MR) is 162 cm³/mol. The van der Waals surface area contributed by atoms with Gasteiger partial charge in [-0.2, -0.15) is 4.98 Å². The molecule has 0 amide bonds. The van der Waals surface area contributed by atoms with Crippen LogP contribution in [0, 0.1) is 0 Å². The predicted octanol–water partition coefficient (Wildman–Crippen LogP) is 5.78. The SMILES string of the molecule is CCOC(=O)c1cnc(-c2ccccc2)nc1Nc1ccnc(NC(C)Cc2cccc(CC(=O)OC(C)(C)C)c2)n1. The van der Waals surface area contributed by atoms with Gasteiger partial charge in [-0.15, -0.1) is 0 Å². The molecular weight excluding hydrogens is 532 g/mol. The van der Waals surface area contributed by atoms with E-state index in [9.17, 15) is 9.59 Å². The Labute approximate surface area is 246 Å². The van der Waals surface area contributed by atoms with E-state index in [0.29, 0.717) is 24.0 Å². The van der Waals surface area contributed by atoms with Crippen LogP contribution in [0.3, 0.4) is 0 Å². The number of hydrogen-bond donors (Lipinski definition) is 2. The first-order valence-corrected chi connectivity index (χ1v) is 13.9. The van der Waals surface area contributed by atoms with E-state index >= 15 is 0 Å². The van der Waals surface area contributed by atoms with Gasteiger partial charge in [0, 0.05) is 24.0 Å². The zero-order valence-corrected chi connectivity index (χ0v) is 24.5. The number of benzene rings is 2. The van der Waals surface area contributed by atoms with Crippen LogP contribution in [-0.4, -0.2) is 50.1 Å². The first-order chi connectivity index (χ1) is 20.1. The number of aromatic nitrogens is 4. The highest BCUT2D eigenvalue weighted by Crippen LogP contribution is 2.23. The number of hydrogen-bond acceptors (Lipinski definition) is 10. The zero-order chi connectivity index (χ0) is 30.1. The summed E-state index contributed by atoms with van der Waals surface area (Å²) in [6.45, 7) is 9.56. The van der Waals surface area contributed by atoms with Crippen LogP contribution >= 0.6 is 0 Å². The molecule has 0 saturated heterocycles. The van der Waals surface area contributed by atoms with E-state index in [1.807, 2.05) is 82.3 Å². The van der Waals surface area contributed by atoms with Crippen molar-refractivity contribution in [3.05, 3.63) is 89.7 Å². The Hall–Kier alpha value is -4.86. The highest BCUT2D eigenvalue weighted by Gasteiger charge is 2.19. The molecule has 2 aromatic heterocycles. The standard InChI is InChI=1S/C32H36N6O4/c1-6-41-30(40)25-20-34-28(24-13-8-7-9-14-24)38-29(25)36-26-15-16-33-31(37-26)35-21(2)17-22-11-10-12-23(18-22)19-27(39)42-32(3,4)5/h7-16,18,20-21H,6,17,19H2,1-5H3,(H2,33,34,35,36,37,38). The molecule has 4 rings (SSSR count). The van der Waals surface area contributed by atoms with E-state index in [1.165, 1.54) is 6.20 Å². The van der Waals surface area contributed by atoms with Crippen molar-refractivity contribution in [2.24, 2.45) is 0 Å². The molecule has 0 saturated carbocycles. The average Bonchev–Trinajstić information content (AvgIpc) is 2.93. The monoisotopic (exact) mass is 568 g/mol. The molecule has 1 atom stereocenters. The third-order valence-corrected chi connectivity index (χ3v) is 5.90. The van der Waals surface area contributed by atoms with Crippen molar-refractivity contribution in [3.8, 4) is 11.4 Å². The van der Waals surface area contributed by atoms with Gasteiger partial charge in [0.15, 0.2) is 5.82 Å². The number of ether oxygens (including phenoxy) is 2. The van der Waals surface area contributed by atoms with Gasteiger partial charge in [-0.3, -0.25) is 4.79 Å². The lowest BCUT2D eigenvalue weighted by Gasteiger charge is -2.19. The van der Waals surface area contributed by atoms with Crippen LogP contribution in [0.1, 0.15) is 56.1 Å². The van der Waals surface area contributed by atoms with E-state index in [-0.39, 0.29) is 36.4 Å². The molecule has 0 bridgehead atoms. The van der Waals surface area contributed by atoms with Crippen molar-refractivity contribution in [1.29, 1.82) is 0 Å². The van der Waals surface area contributed by atoms with Crippen LogP contribution in [0.15, 0.2) is 73.1 Å². The van der Waals surface area contributed by atoms with Crippen LogP contribution < -0.4 is 10.6 Å². The summed E-state index contributed by atoms with van der Waals surface area (Å²) in [5.41, 5.74) is 2.45. The van der Waals surface area contributed by atoms with Gasteiger partial charge >= 0.3 is 11.9 Å². The maximum Gasteiger partial charge on any atom is 0.343 e. The number of esters is 2. The lowest BCUT2D eigenvalue weighted by atomic mass is 10.0. The minimum absolute atomic E-state index is 0.0177. The number of nitrogens with one attached hydrogen (secondary N) is 2. The fourth-order valence-corrected chi connectivity index (χ4v) is 4.22. The molecule has 10 heteroatoms. The Morgan fingerprint density at radius 1 is 0.952 bits per heavy atom. The molecule has 218 valence electrons. The summed E-state index contributed by atoms with van der Waals surface area (Å²) in [6.07, 6.45) is 3.97. The van der Waals surface area contributed by atoms with Gasteiger partial charge in [0.1, 0.15) is 22.8 Å². The average molecular weight is 569 g/mol. The first-order valence-electron chi connectivity index (χ1n) is 13.9. The summed E-state index contributed by atoms with van der Waals surface area (Å²) in [4.78, 5) is 42.8. The first kappa shape index (κ1) is 30.1. The topological polar surface area (TPSA) is 128 Å². The van der Waals surface area contributed by atoms with E-state index < -0.39 is 11.6 Å². The van der Waals surface area contributed by atoms with Crippen molar-refractivity contribution < 1.29 is 19.1 Å². The Morgan fingerprint density at radius 3 is 2.45 bits per heavy atom. The Balaban J connectivity index is 1.46. The lowest BCUT2D eigenvalue weighted by molar-refractivity contribution is -0.153. The van der Waals surface area contributed by atoms with Crippen molar-refractivity contribution >= 4 is 29.5 Å². The number of anilines is 3. The molecule has 0 spiro atoms. The largest absolute Gasteiger partial charge is 0.462 e. The second-order valence-corrected chi connectivity index (χ2v) is 10.8. The highest BCUT2D eigenvalue weighted by atomic mass is 16.6. The molecular formula is C32H36N6O4. The molecule has 4 aromatic rings. The van der Waals surface area contributed by atoms with Crippen LogP contribution in [0.25, 0.3) is 11.4 Å². The molecule has 42 heavy (non-hydrogen) atoms. The van der Waals surface area contributed by atoms with Gasteiger partial charge in [0.25, 0.3) is 0 Å². The zero-order valence-electron chi connectivity index (χ0n) is 24.5. The lowest BCUT2D eigenvalue weighted by Crippen LogP contribution is -2.25. The van der Waals surface area contributed by atoms with Crippen LogP contribution in [0.2, 0.25) is 0 Å². The Kier molecular flexibility index (Phi) is 9.80. The number of rotatable bonds is 11. The van der Waals surface area contributed by atoms with E-state index in [2.05, 4.69) is 30.6 Å². The van der Waals surface area contributed by atoms with Gasteiger partial charge < -0.3 is 20.1 Å². The third kappa shape index (κ3) is 8.82. The van der Waals surface area contributed by atoms with Crippen molar-refractivity contribution in [2.75, 3.05) is 17.2 Å². The molecule has 0 radical (unpaired) electrons. The number of carbonyl (C=O) groups is 2. The van der Waals surface area contributed by atoms with Crippen molar-refractivity contribution in [2.45, 2.75) is 59.1 Å². The summed E-state index contributed by atoms with van der Waals surface area (Å²) >= 11 is 0. The third-order valence-electron chi connectivity index (χ3n) is 5.90. The van der Waals surface area contributed by atoms with Gasteiger partial charge in [0.2, 0.25) is 5.95 Å². The van der Waals surface area contributed by atoms with Crippen LogP contribution in [0.5, 0.6) is 0 Å². The highest BCUT2D eigenvalue weighted by molar-refractivity contribution is 5.95. The molecule has 10 nitrogen and oxygen atoms in total. The molecule has 0 aliphatic carbocycles. The van der Waals surface area contributed by atoms with Crippen LogP contribution in [-0.2, 0) is 27.1 Å². The number of carbonyl (C=O) groups excluding carboxylic acids is 2. The minimum atomic E-state index is -0.533. The molecule has 0 aliphatic heterocycles. The Bertz CT molecular complexity index is 1520. The molecule has 2 aromatic carbocycles. The molecule has 1 unspecified atom stereocenters. The molecule has 2 heterocycles. The second kappa shape index (κ2) is 13.7. The minimum Gasteiger partial charge on any atom is -0.462 e. The molecule has 0 aliphatic rings. The normalized spacial score (nSPS) is 11.8. The quantitative estimate of drug-likeness (QED) is 0.215. The number of nitrogens with zero attached hydrogens (tertiary/aromatic N) is 4. The Morgan fingerprint density at radius 2 is 1.71 bits per heavy atom. The maximum atomic E-state index is 12.6. The van der Waals surface area contributed by atoms with Crippen molar-refractivity contribution in [1.82, 2.24) is 19.9 Å². The van der Waals surface area contributed by atoms with Gasteiger partial charge in [-0.1, -0.05) is 54.6 Å². The van der Waals surface area contributed by atoms with Gasteiger partial charge in [0.05, 0.1) is 13.0 Å². The van der Waals surface area contributed by atoms with E-state index in [4.69, 9.17) is 9.47 Å². The van der Waals surface area contributed by atoms with Gasteiger partial charge in [-0.05, 0) is 58.2 Å². The maximum absolute atomic E-state index is 12.6. The smallest absolute Gasteiger partial charge is 0.343 e. The van der Waals surface area contributed by atoms with Crippen molar-refractivity contribution in [3.63, 3.8) is 0 Å². The molecule has 2 N–H and O–H groups in total. The van der Waals surface area contributed by atoms with Gasteiger partial charge in [-0.25, -0.2) is 19.7 Å². The van der Waals surface area contributed by atoms with E-state index in [0.717, 1.165) is 16.7 Å². The second-order valence-electron chi connectivity index (χ2n) is 10.8. The molecule has 0 fully saturated rings. The summed E-state index contributed by atoms with van der Waals surface area (Å²) in [6, 6.07) is 19.0. The fourth-order valence-electron chi connectivity index (χ4n) is 4.22.